The molecule has 0 spiro atoms. The Morgan fingerprint density at radius 1 is 1.55 bits per heavy atom. The summed E-state index contributed by atoms with van der Waals surface area (Å²) in [6.45, 7) is 6.36. The molecule has 1 aliphatic rings. The number of carbonyl (C=O) groups is 1. The number of hydrogen-bond donors (Lipinski definition) is 1. The van der Waals surface area contributed by atoms with Crippen LogP contribution in [0.4, 0.5) is 10.1 Å². The molecule has 106 valence electrons. The summed E-state index contributed by atoms with van der Waals surface area (Å²) >= 11 is 1.55. The summed E-state index contributed by atoms with van der Waals surface area (Å²) in [7, 11) is 0. The van der Waals surface area contributed by atoms with Crippen LogP contribution in [0.1, 0.15) is 6.92 Å². The highest BCUT2D eigenvalue weighted by Gasteiger charge is 2.34. The van der Waals surface area contributed by atoms with Gasteiger partial charge in [-0.1, -0.05) is 13.0 Å². The second-order valence-electron chi connectivity index (χ2n) is 4.73. The molecule has 1 heterocycles. The van der Waals surface area contributed by atoms with Gasteiger partial charge in [-0.25, -0.2) is 4.39 Å². The highest BCUT2D eigenvalue weighted by atomic mass is 32.2. The van der Waals surface area contributed by atoms with Crippen molar-refractivity contribution >= 4 is 28.4 Å². The molecule has 1 N–H and O–H groups in total. The number of anilines is 1. The maximum atomic E-state index is 12.8. The van der Waals surface area contributed by atoms with E-state index in [4.69, 9.17) is 0 Å². The number of aliphatic imine (C=N–C) groups is 1. The van der Waals surface area contributed by atoms with Crippen LogP contribution in [0.25, 0.3) is 0 Å². The van der Waals surface area contributed by atoms with Gasteiger partial charge in [-0.2, -0.15) is 0 Å². The minimum Gasteiger partial charge on any atom is -0.325 e. The molecule has 2 unspecified atom stereocenters. The molecule has 20 heavy (non-hydrogen) atoms. The number of amides is 1. The number of nitrogens with one attached hydrogen (secondary N) is 1. The summed E-state index contributed by atoms with van der Waals surface area (Å²) in [4.78, 5) is 16.8. The Morgan fingerprint density at radius 3 is 2.90 bits per heavy atom. The van der Waals surface area contributed by atoms with E-state index in [9.17, 15) is 9.18 Å². The highest BCUT2D eigenvalue weighted by Crippen LogP contribution is 2.29. The number of benzene rings is 1. The predicted octanol–water partition coefficient (Wildman–Crippen LogP) is 3.35. The average Bonchev–Trinajstić information content (AvgIpc) is 2.80. The molecular weight excluding hydrogens is 275 g/mol. The van der Waals surface area contributed by atoms with Crippen LogP contribution in [0.3, 0.4) is 0 Å². The van der Waals surface area contributed by atoms with Crippen LogP contribution in [0.5, 0.6) is 0 Å². The molecule has 3 nitrogen and oxygen atoms in total. The van der Waals surface area contributed by atoms with Crippen molar-refractivity contribution in [3.8, 4) is 0 Å². The highest BCUT2D eigenvalue weighted by molar-refractivity contribution is 8.14. The first kappa shape index (κ1) is 14.8. The van der Waals surface area contributed by atoms with Crippen LogP contribution < -0.4 is 5.32 Å². The lowest BCUT2D eigenvalue weighted by atomic mass is 9.97. The van der Waals surface area contributed by atoms with Crippen LogP contribution in [-0.2, 0) is 4.79 Å². The maximum absolute atomic E-state index is 12.8. The first-order chi connectivity index (χ1) is 9.61. The lowest BCUT2D eigenvalue weighted by molar-refractivity contribution is -0.118. The van der Waals surface area contributed by atoms with Crippen LogP contribution in [0.2, 0.25) is 0 Å². The summed E-state index contributed by atoms with van der Waals surface area (Å²) in [5, 5.41) is 3.68. The first-order valence-electron chi connectivity index (χ1n) is 6.46. The summed E-state index contributed by atoms with van der Waals surface area (Å²) in [5.41, 5.74) is 0.601. The molecule has 5 heteroatoms. The normalized spacial score (nSPS) is 21.4. The molecule has 1 aromatic rings. The van der Waals surface area contributed by atoms with Gasteiger partial charge in [0.15, 0.2) is 0 Å². The van der Waals surface area contributed by atoms with Crippen LogP contribution in [0.15, 0.2) is 41.9 Å². The van der Waals surface area contributed by atoms with E-state index in [0.29, 0.717) is 12.2 Å². The third-order valence-electron chi connectivity index (χ3n) is 3.11. The number of nitrogens with zero attached hydrogens (tertiary/aromatic N) is 1. The van der Waals surface area contributed by atoms with E-state index < -0.39 is 0 Å². The van der Waals surface area contributed by atoms with E-state index in [1.54, 1.807) is 30.0 Å². The van der Waals surface area contributed by atoms with Crippen molar-refractivity contribution in [1.29, 1.82) is 0 Å². The minimum absolute atomic E-state index is 0.0862. The molecule has 0 aromatic heterocycles. The zero-order valence-corrected chi connectivity index (χ0v) is 12.1. The molecular formula is C15H17FN2OS. The molecule has 2 rings (SSSR count). The van der Waals surface area contributed by atoms with Crippen molar-refractivity contribution in [3.63, 3.8) is 0 Å². The maximum Gasteiger partial charge on any atom is 0.234 e. The van der Waals surface area contributed by atoms with E-state index in [0.717, 1.165) is 10.8 Å². The Kier molecular flexibility index (Phi) is 4.95. The number of rotatable bonds is 4. The molecule has 0 aliphatic carbocycles. The van der Waals surface area contributed by atoms with E-state index in [2.05, 4.69) is 16.9 Å². The Labute approximate surface area is 122 Å². The van der Waals surface area contributed by atoms with Gasteiger partial charge in [-0.3, -0.25) is 9.79 Å². The van der Waals surface area contributed by atoms with Gasteiger partial charge in [0.25, 0.3) is 0 Å². The molecule has 1 amide bonds. The monoisotopic (exact) mass is 292 g/mol. The van der Waals surface area contributed by atoms with Crippen molar-refractivity contribution in [2.75, 3.05) is 17.6 Å². The number of halogens is 1. The Bertz CT molecular complexity index is 527. The summed E-state index contributed by atoms with van der Waals surface area (Å²) in [6.07, 6.45) is 1.80. The van der Waals surface area contributed by atoms with Gasteiger partial charge >= 0.3 is 0 Å². The molecule has 1 aliphatic heterocycles. The fraction of sp³-hybridized carbons (Fsp3) is 0.333. The lowest BCUT2D eigenvalue weighted by Gasteiger charge is -2.17. The van der Waals surface area contributed by atoms with Gasteiger partial charge in [-0.05, 0) is 30.2 Å². The predicted molar refractivity (Wildman–Crippen MR) is 82.6 cm³/mol. The summed E-state index contributed by atoms with van der Waals surface area (Å²) in [5.74, 6) is 0.289. The van der Waals surface area contributed by atoms with E-state index in [-0.39, 0.29) is 23.6 Å². The fourth-order valence-electron chi connectivity index (χ4n) is 2.08. The van der Waals surface area contributed by atoms with Crippen molar-refractivity contribution < 1.29 is 9.18 Å². The Hall–Kier alpha value is -1.62. The third kappa shape index (κ3) is 3.48. The Morgan fingerprint density at radius 2 is 2.25 bits per heavy atom. The Balaban J connectivity index is 2.04. The summed E-state index contributed by atoms with van der Waals surface area (Å²) in [6, 6.07) is 5.77. The first-order valence-corrected chi connectivity index (χ1v) is 7.45. The van der Waals surface area contributed by atoms with Crippen molar-refractivity contribution in [1.82, 2.24) is 0 Å². The molecule has 2 atom stereocenters. The van der Waals surface area contributed by atoms with Crippen molar-refractivity contribution in [3.05, 3.63) is 42.7 Å². The number of thioether (sulfide) groups is 1. The molecule has 0 saturated carbocycles. The van der Waals surface area contributed by atoms with E-state index in [1.807, 2.05) is 6.92 Å². The van der Waals surface area contributed by atoms with Crippen LogP contribution in [0, 0.1) is 17.7 Å². The second kappa shape index (κ2) is 6.70. The fourth-order valence-corrected chi connectivity index (χ4v) is 3.06. The number of hydrogen-bond acceptors (Lipinski definition) is 3. The van der Waals surface area contributed by atoms with Crippen LogP contribution in [-0.4, -0.2) is 23.2 Å². The summed E-state index contributed by atoms with van der Waals surface area (Å²) < 4.78 is 12.8. The van der Waals surface area contributed by atoms with Crippen LogP contribution >= 0.6 is 11.8 Å². The van der Waals surface area contributed by atoms with Crippen molar-refractivity contribution in [2.24, 2.45) is 16.8 Å². The minimum atomic E-state index is -0.318. The standard InChI is InChI=1S/C15H17FN2OS/c1-3-8-20-15-13(10(2)9-17-15)14(19)18-12-6-4-11(16)5-7-12/h3-7,10,13H,1,8-9H2,2H3,(H,18,19). The topological polar surface area (TPSA) is 41.5 Å². The van der Waals surface area contributed by atoms with Gasteiger partial charge in [0.2, 0.25) is 5.91 Å². The lowest BCUT2D eigenvalue weighted by Crippen LogP contribution is -2.30. The molecule has 0 saturated heterocycles. The van der Waals surface area contributed by atoms with Crippen molar-refractivity contribution in [2.45, 2.75) is 6.92 Å². The smallest absolute Gasteiger partial charge is 0.234 e. The largest absolute Gasteiger partial charge is 0.325 e. The number of carbonyl (C=O) groups excluding carboxylic acids is 1. The third-order valence-corrected chi connectivity index (χ3v) is 4.19. The zero-order valence-electron chi connectivity index (χ0n) is 11.3. The molecule has 0 radical (unpaired) electrons. The average molecular weight is 292 g/mol. The second-order valence-corrected chi connectivity index (χ2v) is 5.77. The molecule has 0 fully saturated rings. The SMILES string of the molecule is C=CCSC1=NCC(C)C1C(=O)Nc1ccc(F)cc1. The van der Waals surface area contributed by atoms with Gasteiger partial charge in [0, 0.05) is 18.0 Å². The molecule has 0 bridgehead atoms. The quantitative estimate of drug-likeness (QED) is 0.865. The van der Waals surface area contributed by atoms with Gasteiger partial charge in [0.1, 0.15) is 5.82 Å². The van der Waals surface area contributed by atoms with E-state index >= 15 is 0 Å². The molecule has 1 aromatic carbocycles. The zero-order chi connectivity index (χ0) is 14.5. The van der Waals surface area contributed by atoms with Gasteiger partial charge in [0.05, 0.1) is 11.0 Å². The van der Waals surface area contributed by atoms with E-state index in [1.165, 1.54) is 12.1 Å². The van der Waals surface area contributed by atoms with Gasteiger partial charge in [-0.15, -0.1) is 18.3 Å². The van der Waals surface area contributed by atoms with Gasteiger partial charge < -0.3 is 5.32 Å².